The van der Waals surface area contributed by atoms with Crippen LogP contribution in [0.4, 0.5) is 0 Å². The van der Waals surface area contributed by atoms with Gasteiger partial charge in [0.2, 0.25) is 11.8 Å². The second kappa shape index (κ2) is 7.29. The Balaban J connectivity index is 1.41. The summed E-state index contributed by atoms with van der Waals surface area (Å²) in [5.74, 6) is -0.756. The number of carbonyl (C=O) groups is 3. The number of rotatable bonds is 4. The van der Waals surface area contributed by atoms with Gasteiger partial charge in [-0.1, -0.05) is 26.0 Å². The molecule has 2 atom stereocenters. The van der Waals surface area contributed by atoms with E-state index in [9.17, 15) is 14.4 Å². The zero-order valence-corrected chi connectivity index (χ0v) is 16.5. The highest BCUT2D eigenvalue weighted by Crippen LogP contribution is 2.28. The Morgan fingerprint density at radius 2 is 2.07 bits per heavy atom. The van der Waals surface area contributed by atoms with Gasteiger partial charge in [0.15, 0.2) is 0 Å². The Morgan fingerprint density at radius 1 is 1.25 bits per heavy atom. The minimum absolute atomic E-state index is 0.123. The monoisotopic (exact) mass is 384 g/mol. The van der Waals surface area contributed by atoms with E-state index in [1.165, 1.54) is 0 Å². The molecule has 0 aliphatic carbocycles. The number of imide groups is 1. The Kier molecular flexibility index (Phi) is 4.97. The summed E-state index contributed by atoms with van der Waals surface area (Å²) in [5.41, 5.74) is 3.05. The Bertz CT molecular complexity index is 820. The number of hydrogen-bond donors (Lipinski definition) is 3. The molecule has 2 fully saturated rings. The van der Waals surface area contributed by atoms with Crippen molar-refractivity contribution in [3.63, 3.8) is 0 Å². The number of nitrogens with zero attached hydrogens (tertiary/aromatic N) is 1. The average molecular weight is 384 g/mol. The molecule has 3 aliphatic rings. The molecule has 2 saturated heterocycles. The molecule has 3 amide bonds. The topological polar surface area (TPSA) is 90.5 Å². The molecule has 1 aromatic rings. The van der Waals surface area contributed by atoms with Gasteiger partial charge in [0.05, 0.1) is 0 Å². The van der Waals surface area contributed by atoms with Crippen LogP contribution in [0.1, 0.15) is 54.6 Å². The van der Waals surface area contributed by atoms with Crippen molar-refractivity contribution in [3.05, 3.63) is 34.9 Å². The molecule has 150 valence electrons. The van der Waals surface area contributed by atoms with Crippen LogP contribution in [0.25, 0.3) is 0 Å². The third-order valence-electron chi connectivity index (χ3n) is 5.98. The van der Waals surface area contributed by atoms with Gasteiger partial charge in [0, 0.05) is 44.2 Å². The van der Waals surface area contributed by atoms with Crippen LogP contribution in [0.2, 0.25) is 0 Å². The molecule has 0 bridgehead atoms. The summed E-state index contributed by atoms with van der Waals surface area (Å²) in [6.07, 6.45) is 1.80. The number of carbonyl (C=O) groups excluding carboxylic acids is 3. The van der Waals surface area contributed by atoms with Gasteiger partial charge in [0.1, 0.15) is 6.04 Å². The molecule has 4 rings (SSSR count). The molecule has 0 aromatic heterocycles. The van der Waals surface area contributed by atoms with Crippen molar-refractivity contribution < 1.29 is 14.4 Å². The van der Waals surface area contributed by atoms with Crippen molar-refractivity contribution in [3.8, 4) is 0 Å². The number of nitrogens with one attached hydrogen (secondary N) is 3. The largest absolute Gasteiger partial charge is 0.322 e. The summed E-state index contributed by atoms with van der Waals surface area (Å²) in [4.78, 5) is 37.9. The lowest BCUT2D eigenvalue weighted by Crippen LogP contribution is -2.52. The molecule has 2 unspecified atom stereocenters. The summed E-state index contributed by atoms with van der Waals surface area (Å²) < 4.78 is 0. The van der Waals surface area contributed by atoms with Crippen LogP contribution >= 0.6 is 0 Å². The summed E-state index contributed by atoms with van der Waals surface area (Å²) >= 11 is 0. The van der Waals surface area contributed by atoms with E-state index in [-0.39, 0.29) is 24.1 Å². The lowest BCUT2D eigenvalue weighted by molar-refractivity contribution is -0.136. The normalized spacial score (nSPS) is 26.9. The van der Waals surface area contributed by atoms with Gasteiger partial charge in [0.25, 0.3) is 5.91 Å². The van der Waals surface area contributed by atoms with Crippen LogP contribution in [-0.4, -0.2) is 47.8 Å². The maximum Gasteiger partial charge on any atom is 0.255 e. The molecule has 1 aromatic carbocycles. The van der Waals surface area contributed by atoms with E-state index in [2.05, 4.69) is 35.9 Å². The number of piperidine rings is 2. The maximum absolute atomic E-state index is 12.7. The second-order valence-electron chi connectivity index (χ2n) is 8.97. The Hall–Kier alpha value is -2.25. The van der Waals surface area contributed by atoms with E-state index in [0.717, 1.165) is 37.2 Å². The van der Waals surface area contributed by atoms with Crippen molar-refractivity contribution >= 4 is 17.7 Å². The summed E-state index contributed by atoms with van der Waals surface area (Å²) in [6.45, 7) is 7.74. The highest BCUT2D eigenvalue weighted by Gasteiger charge is 2.39. The summed E-state index contributed by atoms with van der Waals surface area (Å²) in [7, 11) is 0. The first-order valence-corrected chi connectivity index (χ1v) is 10.0. The SMILES string of the molecule is CC1(C)CNCC(NCc2ccc3c(c2)CN(C2CCC(=O)NC2=O)C3=O)C1. The minimum Gasteiger partial charge on any atom is -0.322 e. The molecule has 0 spiro atoms. The van der Waals surface area contributed by atoms with E-state index in [0.29, 0.717) is 30.0 Å². The fourth-order valence-electron chi connectivity index (χ4n) is 4.54. The predicted octanol–water partition coefficient (Wildman–Crippen LogP) is 0.925. The van der Waals surface area contributed by atoms with Gasteiger partial charge in [-0.05, 0) is 35.4 Å². The van der Waals surface area contributed by atoms with E-state index in [4.69, 9.17) is 0 Å². The molecular weight excluding hydrogens is 356 g/mol. The van der Waals surface area contributed by atoms with Crippen LogP contribution < -0.4 is 16.0 Å². The fourth-order valence-corrected chi connectivity index (χ4v) is 4.54. The zero-order valence-electron chi connectivity index (χ0n) is 16.5. The van der Waals surface area contributed by atoms with E-state index < -0.39 is 6.04 Å². The van der Waals surface area contributed by atoms with Crippen LogP contribution in [0, 0.1) is 5.41 Å². The molecule has 7 heteroatoms. The van der Waals surface area contributed by atoms with Crippen molar-refractivity contribution in [2.45, 2.75) is 58.3 Å². The Morgan fingerprint density at radius 3 is 2.82 bits per heavy atom. The smallest absolute Gasteiger partial charge is 0.255 e. The molecule has 3 aliphatic heterocycles. The first kappa shape index (κ1) is 19.1. The van der Waals surface area contributed by atoms with Gasteiger partial charge < -0.3 is 15.5 Å². The number of hydrogen-bond acceptors (Lipinski definition) is 5. The minimum atomic E-state index is -0.560. The number of amides is 3. The third kappa shape index (κ3) is 3.82. The zero-order chi connectivity index (χ0) is 19.9. The van der Waals surface area contributed by atoms with Crippen molar-refractivity contribution in [2.75, 3.05) is 13.1 Å². The maximum atomic E-state index is 12.7. The first-order chi connectivity index (χ1) is 13.3. The van der Waals surface area contributed by atoms with Crippen molar-refractivity contribution in [2.24, 2.45) is 5.41 Å². The highest BCUT2D eigenvalue weighted by molar-refractivity contribution is 6.05. The highest BCUT2D eigenvalue weighted by atomic mass is 16.2. The molecule has 3 heterocycles. The van der Waals surface area contributed by atoms with E-state index in [1.807, 2.05) is 12.1 Å². The Labute approximate surface area is 165 Å². The quantitative estimate of drug-likeness (QED) is 0.672. The molecule has 3 N–H and O–H groups in total. The van der Waals surface area contributed by atoms with Crippen LogP contribution in [-0.2, 0) is 22.7 Å². The van der Waals surface area contributed by atoms with Gasteiger partial charge in [-0.2, -0.15) is 0 Å². The molecule has 7 nitrogen and oxygen atoms in total. The first-order valence-electron chi connectivity index (χ1n) is 10.0. The molecular formula is C21H28N4O3. The van der Waals surface area contributed by atoms with E-state index in [1.54, 1.807) is 4.90 Å². The molecule has 28 heavy (non-hydrogen) atoms. The summed E-state index contributed by atoms with van der Waals surface area (Å²) in [6, 6.07) is 5.78. The molecule has 0 saturated carbocycles. The van der Waals surface area contributed by atoms with Gasteiger partial charge in [-0.15, -0.1) is 0 Å². The predicted molar refractivity (Wildman–Crippen MR) is 104 cm³/mol. The van der Waals surface area contributed by atoms with Crippen molar-refractivity contribution in [1.82, 2.24) is 20.9 Å². The van der Waals surface area contributed by atoms with Gasteiger partial charge >= 0.3 is 0 Å². The molecule has 0 radical (unpaired) electrons. The third-order valence-corrected chi connectivity index (χ3v) is 5.98. The summed E-state index contributed by atoms with van der Waals surface area (Å²) in [5, 5.41) is 9.44. The van der Waals surface area contributed by atoms with Gasteiger partial charge in [-0.3, -0.25) is 19.7 Å². The van der Waals surface area contributed by atoms with Crippen LogP contribution in [0.3, 0.4) is 0 Å². The lowest BCUT2D eigenvalue weighted by Gasteiger charge is -2.36. The second-order valence-corrected chi connectivity index (χ2v) is 8.97. The number of benzene rings is 1. The fraction of sp³-hybridized carbons (Fsp3) is 0.571. The van der Waals surface area contributed by atoms with Crippen LogP contribution in [0.5, 0.6) is 0 Å². The van der Waals surface area contributed by atoms with E-state index >= 15 is 0 Å². The van der Waals surface area contributed by atoms with Crippen molar-refractivity contribution in [1.29, 1.82) is 0 Å². The lowest BCUT2D eigenvalue weighted by atomic mass is 9.83. The average Bonchev–Trinajstić information content (AvgIpc) is 2.95. The van der Waals surface area contributed by atoms with Gasteiger partial charge in [-0.25, -0.2) is 0 Å². The standard InChI is InChI=1S/C21H28N4O3/c1-21(2)8-15(10-22-12-21)23-9-13-3-4-16-14(7-13)11-25(20(16)28)17-5-6-18(26)24-19(17)27/h3-4,7,15,17,22-23H,5-6,8-12H2,1-2H3,(H,24,26,27). The number of fused-ring (bicyclic) bond motifs is 1. The van der Waals surface area contributed by atoms with Crippen LogP contribution in [0.15, 0.2) is 18.2 Å².